The fourth-order valence-electron chi connectivity index (χ4n) is 3.19. The Morgan fingerprint density at radius 1 is 1.29 bits per heavy atom. The SMILES string of the molecule is Cc1cc(C(=O)N2CCCCC[C@@H]2CC(C)C)nc(C(F)(F)F)n1. The highest BCUT2D eigenvalue weighted by molar-refractivity contribution is 5.92. The molecule has 1 saturated heterocycles. The number of amides is 1. The summed E-state index contributed by atoms with van der Waals surface area (Å²) in [5.74, 6) is -1.25. The molecule has 0 aliphatic carbocycles. The van der Waals surface area contributed by atoms with Gasteiger partial charge >= 0.3 is 6.18 Å². The van der Waals surface area contributed by atoms with Crippen LogP contribution in [0.25, 0.3) is 0 Å². The Kier molecular flexibility index (Phi) is 5.83. The van der Waals surface area contributed by atoms with Gasteiger partial charge in [0.1, 0.15) is 5.69 Å². The number of halogens is 3. The van der Waals surface area contributed by atoms with Gasteiger partial charge in [0.05, 0.1) is 0 Å². The van der Waals surface area contributed by atoms with Gasteiger partial charge < -0.3 is 4.90 Å². The van der Waals surface area contributed by atoms with Crippen LogP contribution in [0.4, 0.5) is 13.2 Å². The van der Waals surface area contributed by atoms with Crippen molar-refractivity contribution in [1.82, 2.24) is 14.9 Å². The van der Waals surface area contributed by atoms with Crippen LogP contribution in [0.2, 0.25) is 0 Å². The van der Waals surface area contributed by atoms with Gasteiger partial charge in [0.25, 0.3) is 5.91 Å². The summed E-state index contributed by atoms with van der Waals surface area (Å²) in [5.41, 5.74) is -0.0126. The van der Waals surface area contributed by atoms with Crippen molar-refractivity contribution < 1.29 is 18.0 Å². The summed E-state index contributed by atoms with van der Waals surface area (Å²) < 4.78 is 38.8. The molecule has 0 aromatic carbocycles. The Morgan fingerprint density at radius 3 is 2.62 bits per heavy atom. The van der Waals surface area contributed by atoms with E-state index in [-0.39, 0.29) is 17.4 Å². The van der Waals surface area contributed by atoms with Crippen molar-refractivity contribution in [2.45, 2.75) is 65.1 Å². The molecule has 1 amide bonds. The van der Waals surface area contributed by atoms with Gasteiger partial charge in [-0.05, 0) is 38.2 Å². The fourth-order valence-corrected chi connectivity index (χ4v) is 3.19. The number of carbonyl (C=O) groups is 1. The Bertz CT molecular complexity index is 587. The summed E-state index contributed by atoms with van der Waals surface area (Å²) in [4.78, 5) is 21.5. The molecular formula is C17H24F3N3O. The second kappa shape index (κ2) is 7.49. The molecule has 0 saturated carbocycles. The van der Waals surface area contributed by atoms with Crippen molar-refractivity contribution in [3.05, 3.63) is 23.3 Å². The summed E-state index contributed by atoms with van der Waals surface area (Å²) in [7, 11) is 0. The van der Waals surface area contributed by atoms with Crippen LogP contribution in [0.5, 0.6) is 0 Å². The van der Waals surface area contributed by atoms with Crippen LogP contribution in [0, 0.1) is 12.8 Å². The zero-order chi connectivity index (χ0) is 17.9. The van der Waals surface area contributed by atoms with Crippen molar-refractivity contribution in [1.29, 1.82) is 0 Å². The predicted molar refractivity (Wildman–Crippen MR) is 84.5 cm³/mol. The number of aromatic nitrogens is 2. The van der Waals surface area contributed by atoms with E-state index in [2.05, 4.69) is 23.8 Å². The molecule has 1 aliphatic heterocycles. The van der Waals surface area contributed by atoms with E-state index in [1.54, 1.807) is 4.90 Å². The summed E-state index contributed by atoms with van der Waals surface area (Å²) in [5, 5.41) is 0. The molecule has 2 heterocycles. The van der Waals surface area contributed by atoms with E-state index in [1.165, 1.54) is 13.0 Å². The van der Waals surface area contributed by atoms with E-state index in [9.17, 15) is 18.0 Å². The van der Waals surface area contributed by atoms with E-state index in [0.29, 0.717) is 12.5 Å². The quantitative estimate of drug-likeness (QED) is 0.825. The molecule has 134 valence electrons. The first-order valence-electron chi connectivity index (χ1n) is 8.42. The van der Waals surface area contributed by atoms with Crippen LogP contribution in [-0.4, -0.2) is 33.4 Å². The van der Waals surface area contributed by atoms with Crippen LogP contribution < -0.4 is 0 Å². The van der Waals surface area contributed by atoms with Gasteiger partial charge in [-0.25, -0.2) is 9.97 Å². The number of hydrogen-bond donors (Lipinski definition) is 0. The zero-order valence-corrected chi connectivity index (χ0v) is 14.4. The molecule has 0 radical (unpaired) electrons. The molecular weight excluding hydrogens is 319 g/mol. The molecule has 0 N–H and O–H groups in total. The molecule has 0 unspecified atom stereocenters. The average Bonchev–Trinajstić information content (AvgIpc) is 2.69. The number of likely N-dealkylation sites (tertiary alicyclic amines) is 1. The normalized spacial score (nSPS) is 19.5. The smallest absolute Gasteiger partial charge is 0.334 e. The standard InChI is InChI=1S/C17H24F3N3O/c1-11(2)9-13-7-5-4-6-8-23(13)15(24)14-10-12(3)21-16(22-14)17(18,19)20/h10-11,13H,4-9H2,1-3H3/t13-/m1/s1. The van der Waals surface area contributed by atoms with Gasteiger partial charge in [-0.2, -0.15) is 13.2 Å². The lowest BCUT2D eigenvalue weighted by molar-refractivity contribution is -0.145. The Morgan fingerprint density at radius 2 is 2.00 bits per heavy atom. The second-order valence-corrected chi connectivity index (χ2v) is 6.85. The van der Waals surface area contributed by atoms with E-state index >= 15 is 0 Å². The van der Waals surface area contributed by atoms with Gasteiger partial charge in [0.2, 0.25) is 5.82 Å². The van der Waals surface area contributed by atoms with Gasteiger partial charge in [-0.3, -0.25) is 4.79 Å². The summed E-state index contributed by atoms with van der Waals surface area (Å²) in [6.07, 6.45) is 0.0303. The lowest BCUT2D eigenvalue weighted by Crippen LogP contribution is -2.41. The highest BCUT2D eigenvalue weighted by Gasteiger charge is 2.36. The van der Waals surface area contributed by atoms with Crippen LogP contribution in [0.1, 0.15) is 68.0 Å². The number of hydrogen-bond acceptors (Lipinski definition) is 3. The van der Waals surface area contributed by atoms with Crippen LogP contribution >= 0.6 is 0 Å². The molecule has 1 aliphatic rings. The lowest BCUT2D eigenvalue weighted by atomic mass is 9.98. The highest BCUT2D eigenvalue weighted by atomic mass is 19.4. The molecule has 24 heavy (non-hydrogen) atoms. The first-order chi connectivity index (χ1) is 11.2. The molecule has 1 aromatic heterocycles. The van der Waals surface area contributed by atoms with Crippen molar-refractivity contribution >= 4 is 5.91 Å². The minimum absolute atomic E-state index is 0.0598. The van der Waals surface area contributed by atoms with Crippen molar-refractivity contribution in [2.24, 2.45) is 5.92 Å². The van der Waals surface area contributed by atoms with Gasteiger partial charge in [-0.15, -0.1) is 0 Å². The molecule has 1 aromatic rings. The summed E-state index contributed by atoms with van der Waals surface area (Å²) >= 11 is 0. The van der Waals surface area contributed by atoms with Crippen molar-refractivity contribution in [2.75, 3.05) is 6.54 Å². The van der Waals surface area contributed by atoms with E-state index in [0.717, 1.165) is 32.1 Å². The number of nitrogens with zero attached hydrogens (tertiary/aromatic N) is 3. The van der Waals surface area contributed by atoms with Crippen LogP contribution in [-0.2, 0) is 6.18 Å². The van der Waals surface area contributed by atoms with E-state index in [4.69, 9.17) is 0 Å². The minimum atomic E-state index is -4.66. The van der Waals surface area contributed by atoms with Crippen molar-refractivity contribution in [3.63, 3.8) is 0 Å². The van der Waals surface area contributed by atoms with Crippen molar-refractivity contribution in [3.8, 4) is 0 Å². The Labute approximate surface area is 140 Å². The molecule has 0 spiro atoms. The summed E-state index contributed by atoms with van der Waals surface area (Å²) in [6, 6.07) is 1.40. The first-order valence-corrected chi connectivity index (χ1v) is 8.42. The van der Waals surface area contributed by atoms with Gasteiger partial charge in [0.15, 0.2) is 0 Å². The van der Waals surface area contributed by atoms with Crippen LogP contribution in [0.15, 0.2) is 6.07 Å². The van der Waals surface area contributed by atoms with Gasteiger partial charge in [0, 0.05) is 18.3 Å². The Hall–Kier alpha value is -1.66. The fraction of sp³-hybridized carbons (Fsp3) is 0.706. The topological polar surface area (TPSA) is 46.1 Å². The van der Waals surface area contributed by atoms with Crippen LogP contribution in [0.3, 0.4) is 0 Å². The molecule has 1 atom stereocenters. The van der Waals surface area contributed by atoms with E-state index < -0.39 is 17.9 Å². The maximum Gasteiger partial charge on any atom is 0.451 e. The first kappa shape index (κ1) is 18.7. The molecule has 2 rings (SSSR count). The molecule has 7 heteroatoms. The zero-order valence-electron chi connectivity index (χ0n) is 14.4. The highest BCUT2D eigenvalue weighted by Crippen LogP contribution is 2.28. The second-order valence-electron chi connectivity index (χ2n) is 6.85. The Balaban J connectivity index is 2.32. The predicted octanol–water partition coefficient (Wildman–Crippen LogP) is 4.23. The molecule has 0 bridgehead atoms. The monoisotopic (exact) mass is 343 g/mol. The number of rotatable bonds is 3. The minimum Gasteiger partial charge on any atom is -0.334 e. The molecule has 1 fully saturated rings. The number of carbonyl (C=O) groups excluding carboxylic acids is 1. The average molecular weight is 343 g/mol. The third-order valence-electron chi connectivity index (χ3n) is 4.21. The number of alkyl halides is 3. The lowest BCUT2D eigenvalue weighted by Gasteiger charge is -2.31. The molecule has 4 nitrogen and oxygen atoms in total. The third-order valence-corrected chi connectivity index (χ3v) is 4.21. The third kappa shape index (κ3) is 4.68. The van der Waals surface area contributed by atoms with E-state index in [1.807, 2.05) is 0 Å². The maximum absolute atomic E-state index is 12.9. The van der Waals surface area contributed by atoms with Gasteiger partial charge in [-0.1, -0.05) is 26.7 Å². The maximum atomic E-state index is 12.9. The largest absolute Gasteiger partial charge is 0.451 e. The number of aryl methyl sites for hydroxylation is 1. The summed E-state index contributed by atoms with van der Waals surface area (Å²) in [6.45, 7) is 6.19.